The average Bonchev–Trinajstić information content (AvgIpc) is 2.31. The van der Waals surface area contributed by atoms with Crippen molar-refractivity contribution < 1.29 is 4.79 Å². The van der Waals surface area contributed by atoms with Crippen LogP contribution in [0, 0.1) is 0 Å². The largest absolute Gasteiger partial charge is 0.351 e. The molecule has 6 nitrogen and oxygen atoms in total. The van der Waals surface area contributed by atoms with Gasteiger partial charge < -0.3 is 11.1 Å². The molecule has 0 aliphatic carbocycles. The number of nitrogens with two attached hydrogens (primary N) is 1. The van der Waals surface area contributed by atoms with Crippen molar-refractivity contribution in [1.29, 1.82) is 0 Å². The van der Waals surface area contributed by atoms with Crippen molar-refractivity contribution in [3.63, 3.8) is 0 Å². The Morgan fingerprint density at radius 3 is 3.00 bits per heavy atom. The van der Waals surface area contributed by atoms with Crippen LogP contribution < -0.4 is 16.4 Å². The first kappa shape index (κ1) is 14.2. The molecule has 2 amide bonds. The number of rotatable bonds is 4. The first-order chi connectivity index (χ1) is 8.63. The van der Waals surface area contributed by atoms with Gasteiger partial charge in [0.05, 0.1) is 5.02 Å². The van der Waals surface area contributed by atoms with Crippen LogP contribution in [0.25, 0.3) is 0 Å². The second-order valence-electron chi connectivity index (χ2n) is 3.53. The summed E-state index contributed by atoms with van der Waals surface area (Å²) in [5.74, 6) is 0.666. The second kappa shape index (κ2) is 7.50. The Bertz CT molecular complexity index is 435. The van der Waals surface area contributed by atoms with Gasteiger partial charge in [0.2, 0.25) is 5.96 Å². The predicted octanol–water partition coefficient (Wildman–Crippen LogP) is 1.97. The van der Waals surface area contributed by atoms with Crippen molar-refractivity contribution in [1.82, 2.24) is 10.3 Å². The summed E-state index contributed by atoms with van der Waals surface area (Å²) >= 11 is 5.94. The van der Waals surface area contributed by atoms with E-state index in [9.17, 15) is 4.79 Å². The van der Waals surface area contributed by atoms with Gasteiger partial charge in [0.1, 0.15) is 0 Å². The Morgan fingerprint density at radius 2 is 2.39 bits per heavy atom. The Morgan fingerprint density at radius 1 is 1.61 bits per heavy atom. The lowest BCUT2D eigenvalue weighted by atomic mass is 10.3. The Hall–Kier alpha value is -1.82. The summed E-state index contributed by atoms with van der Waals surface area (Å²) in [5.41, 5.74) is 5.07. The number of amides is 2. The van der Waals surface area contributed by atoms with E-state index in [1.165, 1.54) is 0 Å². The molecule has 0 unspecified atom stereocenters. The van der Waals surface area contributed by atoms with Gasteiger partial charge in [-0.15, -0.1) is 0 Å². The average molecular weight is 270 g/mol. The van der Waals surface area contributed by atoms with E-state index in [2.05, 4.69) is 27.5 Å². The maximum Gasteiger partial charge on any atom is 0.318 e. The van der Waals surface area contributed by atoms with Gasteiger partial charge in [-0.1, -0.05) is 24.9 Å². The number of nitrogens with one attached hydrogen (secondary N) is 2. The maximum atomic E-state index is 10.9. The highest BCUT2D eigenvalue weighted by Gasteiger charge is 2.06. The lowest BCUT2D eigenvalue weighted by Crippen LogP contribution is -2.39. The van der Waals surface area contributed by atoms with E-state index in [-0.39, 0.29) is 5.96 Å². The summed E-state index contributed by atoms with van der Waals surface area (Å²) in [6.45, 7) is 2.64. The fraction of sp³-hybridized carbons (Fsp3) is 0.364. The van der Waals surface area contributed by atoms with Gasteiger partial charge in [0, 0.05) is 12.7 Å². The van der Waals surface area contributed by atoms with Gasteiger partial charge in [0.15, 0.2) is 5.82 Å². The van der Waals surface area contributed by atoms with E-state index in [0.29, 0.717) is 17.4 Å². The van der Waals surface area contributed by atoms with Gasteiger partial charge in [0.25, 0.3) is 0 Å². The molecule has 0 fully saturated rings. The number of halogens is 1. The van der Waals surface area contributed by atoms with Crippen LogP contribution in [0.1, 0.15) is 19.8 Å². The number of guanidine groups is 1. The first-order valence-electron chi connectivity index (χ1n) is 5.62. The van der Waals surface area contributed by atoms with Crippen LogP contribution in [0.5, 0.6) is 0 Å². The number of carbonyl (C=O) groups excluding carboxylic acids is 1. The van der Waals surface area contributed by atoms with E-state index < -0.39 is 6.03 Å². The number of hydrogen-bond acceptors (Lipinski definition) is 3. The van der Waals surface area contributed by atoms with E-state index >= 15 is 0 Å². The molecule has 1 aromatic heterocycles. The third-order valence-electron chi connectivity index (χ3n) is 2.02. The number of pyridine rings is 1. The zero-order chi connectivity index (χ0) is 13.4. The molecule has 0 aliphatic heterocycles. The molecule has 18 heavy (non-hydrogen) atoms. The molecule has 0 saturated carbocycles. The molecule has 0 bridgehead atoms. The molecule has 7 heteroatoms. The SMILES string of the molecule is CCCCN=C(NC(N)=O)Nc1ncccc1Cl. The highest BCUT2D eigenvalue weighted by molar-refractivity contribution is 6.33. The van der Waals surface area contributed by atoms with Gasteiger partial charge in [-0.3, -0.25) is 10.3 Å². The van der Waals surface area contributed by atoms with Crippen LogP contribution in [-0.4, -0.2) is 23.5 Å². The standard InChI is InChI=1S/C11H16ClN5O/c1-2-3-6-15-11(17-10(13)18)16-9-8(12)5-4-7-14-9/h4-5,7H,2-3,6H2,1H3,(H4,13,14,15,16,17,18). The molecule has 4 N–H and O–H groups in total. The highest BCUT2D eigenvalue weighted by Crippen LogP contribution is 2.16. The molecule has 98 valence electrons. The molecule has 1 rings (SSSR count). The van der Waals surface area contributed by atoms with E-state index in [1.54, 1.807) is 18.3 Å². The van der Waals surface area contributed by atoms with Crippen LogP contribution in [0.2, 0.25) is 5.02 Å². The normalized spacial score (nSPS) is 11.1. The van der Waals surface area contributed by atoms with Crippen LogP contribution in [-0.2, 0) is 0 Å². The molecule has 0 aromatic carbocycles. The van der Waals surface area contributed by atoms with Crippen molar-refractivity contribution in [2.45, 2.75) is 19.8 Å². The van der Waals surface area contributed by atoms with E-state index in [0.717, 1.165) is 12.8 Å². The zero-order valence-corrected chi connectivity index (χ0v) is 10.9. The van der Waals surface area contributed by atoms with Gasteiger partial charge >= 0.3 is 6.03 Å². The van der Waals surface area contributed by atoms with Gasteiger partial charge in [-0.2, -0.15) is 0 Å². The van der Waals surface area contributed by atoms with E-state index in [1.807, 2.05) is 0 Å². The van der Waals surface area contributed by atoms with Crippen molar-refractivity contribution in [2.75, 3.05) is 11.9 Å². The zero-order valence-electron chi connectivity index (χ0n) is 10.1. The summed E-state index contributed by atoms with van der Waals surface area (Å²) in [5, 5.41) is 5.66. The Balaban J connectivity index is 2.75. The quantitative estimate of drug-likeness (QED) is 0.443. The lowest BCUT2D eigenvalue weighted by molar-refractivity contribution is 0.253. The van der Waals surface area contributed by atoms with Crippen molar-refractivity contribution >= 4 is 29.4 Å². The number of unbranched alkanes of at least 4 members (excludes halogenated alkanes) is 1. The number of urea groups is 1. The maximum absolute atomic E-state index is 10.9. The van der Waals surface area contributed by atoms with Crippen molar-refractivity contribution in [3.05, 3.63) is 23.4 Å². The third-order valence-corrected chi connectivity index (χ3v) is 2.32. The number of hydrogen-bond donors (Lipinski definition) is 3. The second-order valence-corrected chi connectivity index (χ2v) is 3.94. The Labute approximate surface area is 111 Å². The van der Waals surface area contributed by atoms with Gasteiger partial charge in [-0.25, -0.2) is 9.78 Å². The lowest BCUT2D eigenvalue weighted by Gasteiger charge is -2.10. The summed E-state index contributed by atoms with van der Waals surface area (Å²) in [4.78, 5) is 19.1. The highest BCUT2D eigenvalue weighted by atomic mass is 35.5. The summed E-state index contributed by atoms with van der Waals surface area (Å²) in [7, 11) is 0. The molecule has 1 aromatic rings. The molecule has 0 spiro atoms. The van der Waals surface area contributed by atoms with Gasteiger partial charge in [-0.05, 0) is 18.6 Å². The Kier molecular flexibility index (Phi) is 5.93. The van der Waals surface area contributed by atoms with Crippen LogP contribution in [0.3, 0.4) is 0 Å². The monoisotopic (exact) mass is 269 g/mol. The fourth-order valence-corrected chi connectivity index (χ4v) is 1.33. The van der Waals surface area contributed by atoms with Crippen LogP contribution in [0.15, 0.2) is 23.3 Å². The summed E-state index contributed by atoms with van der Waals surface area (Å²) in [6, 6.07) is 2.71. The molecular formula is C11H16ClN5O. The smallest absolute Gasteiger partial charge is 0.318 e. The predicted molar refractivity (Wildman–Crippen MR) is 72.8 cm³/mol. The molecule has 0 atom stereocenters. The third kappa shape index (κ3) is 5.01. The number of aliphatic imine (C=N–C) groups is 1. The molecule has 0 saturated heterocycles. The van der Waals surface area contributed by atoms with E-state index in [4.69, 9.17) is 17.3 Å². The molecule has 0 radical (unpaired) electrons. The number of primary amides is 1. The minimum absolute atomic E-state index is 0.247. The number of aromatic nitrogens is 1. The summed E-state index contributed by atoms with van der Waals surface area (Å²) < 4.78 is 0. The number of anilines is 1. The topological polar surface area (TPSA) is 92.4 Å². The van der Waals surface area contributed by atoms with Crippen molar-refractivity contribution in [3.8, 4) is 0 Å². The van der Waals surface area contributed by atoms with Crippen LogP contribution in [0.4, 0.5) is 10.6 Å². The minimum atomic E-state index is -0.690. The minimum Gasteiger partial charge on any atom is -0.351 e. The number of nitrogens with zero attached hydrogens (tertiary/aromatic N) is 2. The molecular weight excluding hydrogens is 254 g/mol. The summed E-state index contributed by atoms with van der Waals surface area (Å²) in [6.07, 6.45) is 3.52. The van der Waals surface area contributed by atoms with Crippen LogP contribution >= 0.6 is 11.6 Å². The first-order valence-corrected chi connectivity index (χ1v) is 5.99. The number of carbonyl (C=O) groups is 1. The molecule has 0 aliphatic rings. The fourth-order valence-electron chi connectivity index (χ4n) is 1.17. The molecule has 1 heterocycles. The van der Waals surface area contributed by atoms with Crippen molar-refractivity contribution in [2.24, 2.45) is 10.7 Å².